The summed E-state index contributed by atoms with van der Waals surface area (Å²) in [5, 5.41) is 3.32. The number of hydrogen-bond acceptors (Lipinski definition) is 4. The molecule has 5 nitrogen and oxygen atoms in total. The van der Waals surface area contributed by atoms with E-state index in [4.69, 9.17) is 0 Å². The highest BCUT2D eigenvalue weighted by Crippen LogP contribution is 2.34. The maximum absolute atomic E-state index is 13.0. The molecule has 0 spiro atoms. The molecule has 1 aliphatic heterocycles. The molecule has 0 bridgehead atoms. The van der Waals surface area contributed by atoms with Gasteiger partial charge in [0.2, 0.25) is 0 Å². The van der Waals surface area contributed by atoms with Gasteiger partial charge in [-0.2, -0.15) is 0 Å². The Morgan fingerprint density at radius 3 is 2.74 bits per heavy atom. The summed E-state index contributed by atoms with van der Waals surface area (Å²) in [7, 11) is 4.09. The lowest BCUT2D eigenvalue weighted by atomic mass is 10.2. The van der Waals surface area contributed by atoms with Crippen LogP contribution in [0.1, 0.15) is 22.5 Å². The third-order valence-corrected chi connectivity index (χ3v) is 3.95. The zero-order valence-corrected chi connectivity index (χ0v) is 13.8. The van der Waals surface area contributed by atoms with Gasteiger partial charge in [-0.3, -0.25) is 4.79 Å². The Hall–Kier alpha value is -2.40. The third-order valence-electron chi connectivity index (χ3n) is 3.95. The van der Waals surface area contributed by atoms with Crippen LogP contribution < -0.4 is 10.2 Å². The van der Waals surface area contributed by atoms with Gasteiger partial charge in [0.1, 0.15) is 5.82 Å². The zero-order chi connectivity index (χ0) is 16.4. The number of anilines is 3. The molecule has 0 unspecified atom stereocenters. The summed E-state index contributed by atoms with van der Waals surface area (Å²) in [6.45, 7) is 3.56. The van der Waals surface area contributed by atoms with Gasteiger partial charge in [-0.1, -0.05) is 12.1 Å². The minimum atomic E-state index is 0.00343. The molecule has 1 aromatic carbocycles. The van der Waals surface area contributed by atoms with Crippen molar-refractivity contribution in [1.82, 2.24) is 9.88 Å². The molecule has 5 heteroatoms. The molecular formula is C18H22N4O. The van der Waals surface area contributed by atoms with Crippen molar-refractivity contribution in [3.8, 4) is 0 Å². The number of nitrogens with zero attached hydrogens (tertiary/aromatic N) is 3. The number of aryl methyl sites for hydroxylation is 1. The first-order chi connectivity index (χ1) is 11.1. The average Bonchev–Trinajstić information content (AvgIpc) is 2.62. The first-order valence-corrected chi connectivity index (χ1v) is 7.86. The lowest BCUT2D eigenvalue weighted by molar-refractivity contribution is 0.0987. The van der Waals surface area contributed by atoms with Gasteiger partial charge in [-0.15, -0.1) is 0 Å². The fourth-order valence-electron chi connectivity index (χ4n) is 2.79. The predicted octanol–water partition coefficient (Wildman–Crippen LogP) is 3.05. The summed E-state index contributed by atoms with van der Waals surface area (Å²) in [4.78, 5) is 21.5. The van der Waals surface area contributed by atoms with Crippen LogP contribution in [0.25, 0.3) is 0 Å². The number of aromatic nitrogens is 1. The van der Waals surface area contributed by atoms with Crippen LogP contribution in [-0.2, 0) is 0 Å². The minimum absolute atomic E-state index is 0.00343. The van der Waals surface area contributed by atoms with E-state index in [2.05, 4.69) is 15.2 Å². The fraction of sp³-hybridized carbons (Fsp3) is 0.333. The van der Waals surface area contributed by atoms with Gasteiger partial charge in [0.25, 0.3) is 5.91 Å². The molecule has 0 saturated heterocycles. The summed E-state index contributed by atoms with van der Waals surface area (Å²) < 4.78 is 0. The van der Waals surface area contributed by atoms with E-state index in [1.165, 1.54) is 0 Å². The largest absolute Gasteiger partial charge is 0.338 e. The van der Waals surface area contributed by atoms with Gasteiger partial charge in [0.05, 0.1) is 16.9 Å². The number of hydrogen-bond donors (Lipinski definition) is 1. The van der Waals surface area contributed by atoms with E-state index >= 15 is 0 Å². The molecular weight excluding hydrogens is 288 g/mol. The molecule has 1 amide bonds. The molecule has 23 heavy (non-hydrogen) atoms. The molecule has 0 fully saturated rings. The normalized spacial score (nSPS) is 13.4. The summed E-state index contributed by atoms with van der Waals surface area (Å²) in [5.74, 6) is 0.640. The second-order valence-electron chi connectivity index (χ2n) is 6.10. The van der Waals surface area contributed by atoms with Crippen molar-refractivity contribution in [3.63, 3.8) is 0 Å². The van der Waals surface area contributed by atoms with Gasteiger partial charge in [0, 0.05) is 12.2 Å². The standard InChI is InChI=1S/C18H22N4O/c1-13-9-10-14-17(19-13)20-15-7-4-5-8-16(15)22(18(14)23)12-6-11-21(2)3/h4-5,7-10H,6,11-12H2,1-3H3,(H,19,20). The molecule has 2 aromatic rings. The number of rotatable bonds is 4. The molecule has 0 aliphatic carbocycles. The number of amides is 1. The molecule has 1 N–H and O–H groups in total. The summed E-state index contributed by atoms with van der Waals surface area (Å²) in [6, 6.07) is 11.6. The minimum Gasteiger partial charge on any atom is -0.338 e. The number of carbonyl (C=O) groups is 1. The second kappa shape index (κ2) is 6.38. The van der Waals surface area contributed by atoms with Gasteiger partial charge in [-0.25, -0.2) is 4.98 Å². The topological polar surface area (TPSA) is 48.5 Å². The summed E-state index contributed by atoms with van der Waals surface area (Å²) in [5.41, 5.74) is 3.34. The highest BCUT2D eigenvalue weighted by Gasteiger charge is 2.26. The zero-order valence-electron chi connectivity index (χ0n) is 13.8. The predicted molar refractivity (Wildman–Crippen MR) is 93.5 cm³/mol. The maximum atomic E-state index is 13.0. The Kier molecular flexibility index (Phi) is 4.30. The molecule has 0 radical (unpaired) electrons. The van der Waals surface area contributed by atoms with Crippen molar-refractivity contribution in [3.05, 3.63) is 47.7 Å². The first-order valence-electron chi connectivity index (χ1n) is 7.86. The smallest absolute Gasteiger partial charge is 0.262 e. The van der Waals surface area contributed by atoms with E-state index in [1.807, 2.05) is 62.3 Å². The Morgan fingerprint density at radius 1 is 1.17 bits per heavy atom. The van der Waals surface area contributed by atoms with Gasteiger partial charge in [0.15, 0.2) is 0 Å². The molecule has 3 rings (SSSR count). The Morgan fingerprint density at radius 2 is 1.96 bits per heavy atom. The Labute approximate surface area is 136 Å². The van der Waals surface area contributed by atoms with E-state index in [0.717, 1.165) is 30.0 Å². The number of carbonyl (C=O) groups excluding carboxylic acids is 1. The van der Waals surface area contributed by atoms with Crippen molar-refractivity contribution in [1.29, 1.82) is 0 Å². The lowest BCUT2D eigenvalue weighted by Gasteiger charge is -2.23. The Bertz CT molecular complexity index is 727. The molecule has 1 aromatic heterocycles. The number of fused-ring (bicyclic) bond motifs is 2. The van der Waals surface area contributed by atoms with Crippen LogP contribution in [-0.4, -0.2) is 43.0 Å². The molecule has 0 saturated carbocycles. The van der Waals surface area contributed by atoms with Crippen LogP contribution in [0.2, 0.25) is 0 Å². The number of benzene rings is 1. The van der Waals surface area contributed by atoms with E-state index in [0.29, 0.717) is 17.9 Å². The SMILES string of the molecule is Cc1ccc2c(n1)Nc1ccccc1N(CCCN(C)C)C2=O. The van der Waals surface area contributed by atoms with Crippen LogP contribution in [0.4, 0.5) is 17.2 Å². The van der Waals surface area contributed by atoms with E-state index in [-0.39, 0.29) is 5.91 Å². The van der Waals surface area contributed by atoms with Crippen LogP contribution in [0.15, 0.2) is 36.4 Å². The number of pyridine rings is 1. The van der Waals surface area contributed by atoms with Gasteiger partial charge < -0.3 is 15.1 Å². The van der Waals surface area contributed by atoms with Crippen LogP contribution in [0.3, 0.4) is 0 Å². The summed E-state index contributed by atoms with van der Waals surface area (Å²) >= 11 is 0. The van der Waals surface area contributed by atoms with Crippen molar-refractivity contribution in [2.24, 2.45) is 0 Å². The summed E-state index contributed by atoms with van der Waals surface area (Å²) in [6.07, 6.45) is 0.918. The third kappa shape index (κ3) is 3.19. The monoisotopic (exact) mass is 310 g/mol. The highest BCUT2D eigenvalue weighted by atomic mass is 16.2. The highest BCUT2D eigenvalue weighted by molar-refractivity contribution is 6.12. The van der Waals surface area contributed by atoms with Crippen LogP contribution in [0, 0.1) is 6.92 Å². The number of para-hydroxylation sites is 2. The Balaban J connectivity index is 2.00. The maximum Gasteiger partial charge on any atom is 0.262 e. The molecule has 2 heterocycles. The fourth-order valence-corrected chi connectivity index (χ4v) is 2.79. The molecule has 120 valence electrons. The van der Waals surface area contributed by atoms with E-state index < -0.39 is 0 Å². The van der Waals surface area contributed by atoms with Crippen LogP contribution in [0.5, 0.6) is 0 Å². The van der Waals surface area contributed by atoms with Gasteiger partial charge >= 0.3 is 0 Å². The van der Waals surface area contributed by atoms with Crippen molar-refractivity contribution < 1.29 is 4.79 Å². The van der Waals surface area contributed by atoms with Crippen molar-refractivity contribution >= 4 is 23.1 Å². The number of nitrogens with one attached hydrogen (secondary N) is 1. The molecule has 0 atom stereocenters. The lowest BCUT2D eigenvalue weighted by Crippen LogP contribution is -2.33. The first kappa shape index (κ1) is 15.5. The average molecular weight is 310 g/mol. The van der Waals surface area contributed by atoms with E-state index in [9.17, 15) is 4.79 Å². The second-order valence-corrected chi connectivity index (χ2v) is 6.10. The van der Waals surface area contributed by atoms with E-state index in [1.54, 1.807) is 0 Å². The van der Waals surface area contributed by atoms with Crippen molar-refractivity contribution in [2.75, 3.05) is 37.4 Å². The van der Waals surface area contributed by atoms with Crippen molar-refractivity contribution in [2.45, 2.75) is 13.3 Å². The van der Waals surface area contributed by atoms with Crippen LogP contribution >= 0.6 is 0 Å². The quantitative estimate of drug-likeness (QED) is 0.943. The molecule has 1 aliphatic rings. The van der Waals surface area contributed by atoms with Gasteiger partial charge in [-0.05, 0) is 58.3 Å².